The molecule has 2 aliphatic heterocycles. The quantitative estimate of drug-likeness (QED) is 0.824. The molecule has 1 unspecified atom stereocenters. The number of morpholine rings is 1. The van der Waals surface area contributed by atoms with Crippen LogP contribution < -0.4 is 14.5 Å². The third-order valence-corrected chi connectivity index (χ3v) is 4.87. The number of aromatic nitrogens is 3. The molecule has 8 nitrogen and oxygen atoms in total. The molecule has 140 valence electrons. The third-order valence-electron chi connectivity index (χ3n) is 4.87. The molecule has 1 atom stereocenters. The van der Waals surface area contributed by atoms with E-state index in [2.05, 4.69) is 19.8 Å². The van der Waals surface area contributed by atoms with Gasteiger partial charge in [0.1, 0.15) is 11.9 Å². The summed E-state index contributed by atoms with van der Waals surface area (Å²) in [5.41, 5.74) is 0. The Morgan fingerprint density at radius 3 is 2.46 bits per heavy atom. The monoisotopic (exact) mass is 359 g/mol. The molecule has 0 aromatic carbocycles. The molecule has 26 heavy (non-hydrogen) atoms. The van der Waals surface area contributed by atoms with Gasteiger partial charge in [-0.15, -0.1) is 0 Å². The summed E-state index contributed by atoms with van der Waals surface area (Å²) in [4.78, 5) is 18.1. The topological polar surface area (TPSA) is 76.8 Å². The summed E-state index contributed by atoms with van der Waals surface area (Å²) in [5.74, 6) is 2.16. The van der Waals surface area contributed by atoms with Crippen molar-refractivity contribution in [1.29, 1.82) is 0 Å². The molecule has 0 saturated carbocycles. The van der Waals surface area contributed by atoms with Crippen molar-refractivity contribution in [2.45, 2.75) is 31.8 Å². The predicted molar refractivity (Wildman–Crippen MR) is 96.7 cm³/mol. The van der Waals surface area contributed by atoms with Gasteiger partial charge in [-0.05, 0) is 25.0 Å². The Morgan fingerprint density at radius 1 is 1.00 bits per heavy atom. The first kappa shape index (κ1) is 17.1. The van der Waals surface area contributed by atoms with Crippen LogP contribution in [0, 0.1) is 0 Å². The van der Waals surface area contributed by atoms with E-state index in [9.17, 15) is 0 Å². The summed E-state index contributed by atoms with van der Waals surface area (Å²) in [6.07, 6.45) is 6.41. The predicted octanol–water partition coefficient (Wildman–Crippen LogP) is 2.43. The highest BCUT2D eigenvalue weighted by Gasteiger charge is 2.27. The van der Waals surface area contributed by atoms with Crippen LogP contribution in [0.4, 0.5) is 11.9 Å². The van der Waals surface area contributed by atoms with Crippen LogP contribution in [0.2, 0.25) is 0 Å². The van der Waals surface area contributed by atoms with Gasteiger partial charge < -0.3 is 23.7 Å². The summed E-state index contributed by atoms with van der Waals surface area (Å²) < 4.78 is 16.7. The lowest BCUT2D eigenvalue weighted by molar-refractivity contribution is 0.0252. The van der Waals surface area contributed by atoms with Gasteiger partial charge in [0.2, 0.25) is 11.9 Å². The summed E-state index contributed by atoms with van der Waals surface area (Å²) in [7, 11) is 1.59. The maximum absolute atomic E-state index is 5.85. The Morgan fingerprint density at radius 2 is 1.77 bits per heavy atom. The molecule has 8 heteroatoms. The zero-order valence-electron chi connectivity index (χ0n) is 15.1. The number of hydrogen-bond acceptors (Lipinski definition) is 8. The van der Waals surface area contributed by atoms with Gasteiger partial charge in [0.15, 0.2) is 0 Å². The Hall–Kier alpha value is -2.35. The van der Waals surface area contributed by atoms with E-state index in [1.807, 2.05) is 12.1 Å². The van der Waals surface area contributed by atoms with Crippen LogP contribution in [0.3, 0.4) is 0 Å². The summed E-state index contributed by atoms with van der Waals surface area (Å²) in [5, 5.41) is 0. The van der Waals surface area contributed by atoms with Crippen LogP contribution in [0.15, 0.2) is 22.8 Å². The molecular formula is C18H25N5O3. The van der Waals surface area contributed by atoms with Gasteiger partial charge in [0.25, 0.3) is 0 Å². The Balaban J connectivity index is 1.57. The van der Waals surface area contributed by atoms with E-state index in [-0.39, 0.29) is 6.10 Å². The molecule has 0 bridgehead atoms. The van der Waals surface area contributed by atoms with E-state index >= 15 is 0 Å². The van der Waals surface area contributed by atoms with Crippen molar-refractivity contribution < 1.29 is 13.9 Å². The summed E-state index contributed by atoms with van der Waals surface area (Å²) >= 11 is 0. The van der Waals surface area contributed by atoms with Crippen LogP contribution in [0.25, 0.3) is 0 Å². The smallest absolute Gasteiger partial charge is 0.322 e. The molecule has 2 saturated heterocycles. The molecule has 2 aromatic heterocycles. The highest BCUT2D eigenvalue weighted by molar-refractivity contribution is 5.41. The lowest BCUT2D eigenvalue weighted by Crippen LogP contribution is -2.39. The van der Waals surface area contributed by atoms with E-state index < -0.39 is 0 Å². The van der Waals surface area contributed by atoms with Crippen molar-refractivity contribution in [1.82, 2.24) is 15.0 Å². The van der Waals surface area contributed by atoms with Gasteiger partial charge >= 0.3 is 6.01 Å². The summed E-state index contributed by atoms with van der Waals surface area (Å²) in [6.45, 7) is 3.91. The number of ether oxygens (including phenoxy) is 2. The molecule has 0 spiro atoms. The number of hydrogen-bond donors (Lipinski definition) is 0. The fourth-order valence-corrected chi connectivity index (χ4v) is 3.46. The lowest BCUT2D eigenvalue weighted by atomic mass is 10.2. The molecular weight excluding hydrogens is 334 g/mol. The van der Waals surface area contributed by atoms with Gasteiger partial charge in [-0.3, -0.25) is 0 Å². The van der Waals surface area contributed by atoms with Gasteiger partial charge in [-0.25, -0.2) is 0 Å². The van der Waals surface area contributed by atoms with Crippen molar-refractivity contribution in [3.63, 3.8) is 0 Å². The van der Waals surface area contributed by atoms with E-state index in [4.69, 9.17) is 18.9 Å². The second-order valence-corrected chi connectivity index (χ2v) is 6.64. The minimum Gasteiger partial charge on any atom is -0.467 e. The first-order chi connectivity index (χ1) is 12.8. The largest absolute Gasteiger partial charge is 0.467 e. The maximum Gasteiger partial charge on any atom is 0.322 e. The fraction of sp³-hybridized carbons (Fsp3) is 0.611. The van der Waals surface area contributed by atoms with E-state index in [1.165, 1.54) is 25.7 Å². The van der Waals surface area contributed by atoms with Crippen LogP contribution in [0.5, 0.6) is 6.01 Å². The maximum atomic E-state index is 5.85. The standard InChI is InChI=1S/C18H25N5O3/c1-24-18-20-16(22-8-4-2-3-5-9-22)19-17(21-18)23-10-12-26-15(13-23)14-7-6-11-25-14/h6-7,11,15H,2-5,8-10,12-13H2,1H3. The molecule has 0 N–H and O–H groups in total. The fourth-order valence-electron chi connectivity index (χ4n) is 3.46. The second-order valence-electron chi connectivity index (χ2n) is 6.64. The molecule has 0 radical (unpaired) electrons. The van der Waals surface area contributed by atoms with Crippen LogP contribution in [-0.2, 0) is 4.74 Å². The SMILES string of the molecule is COc1nc(N2CCCCCC2)nc(N2CCOC(c3ccco3)C2)n1. The molecule has 4 rings (SSSR count). The van der Waals surface area contributed by atoms with E-state index in [0.717, 1.165) is 25.4 Å². The van der Waals surface area contributed by atoms with Crippen LogP contribution in [-0.4, -0.2) is 54.8 Å². The molecule has 0 amide bonds. The Bertz CT molecular complexity index is 701. The first-order valence-electron chi connectivity index (χ1n) is 9.28. The van der Waals surface area contributed by atoms with Crippen LogP contribution in [0.1, 0.15) is 37.5 Å². The van der Waals surface area contributed by atoms with Crippen LogP contribution >= 0.6 is 0 Å². The Kier molecular flexibility index (Phi) is 5.19. The average molecular weight is 359 g/mol. The van der Waals surface area contributed by atoms with Gasteiger partial charge in [0, 0.05) is 19.6 Å². The third kappa shape index (κ3) is 3.75. The van der Waals surface area contributed by atoms with Crippen molar-refractivity contribution >= 4 is 11.9 Å². The normalized spacial score (nSPS) is 21.5. The van der Waals surface area contributed by atoms with Gasteiger partial charge in [-0.1, -0.05) is 12.8 Å². The van der Waals surface area contributed by atoms with Crippen molar-refractivity contribution in [2.24, 2.45) is 0 Å². The number of furan rings is 1. The summed E-state index contributed by atoms with van der Waals surface area (Å²) in [6, 6.07) is 4.17. The minimum absolute atomic E-state index is 0.122. The molecule has 2 aromatic rings. The number of rotatable bonds is 4. The zero-order valence-corrected chi connectivity index (χ0v) is 15.1. The number of nitrogens with zero attached hydrogens (tertiary/aromatic N) is 5. The van der Waals surface area contributed by atoms with E-state index in [1.54, 1.807) is 13.4 Å². The van der Waals surface area contributed by atoms with Gasteiger partial charge in [-0.2, -0.15) is 15.0 Å². The molecule has 2 fully saturated rings. The van der Waals surface area contributed by atoms with Crippen molar-refractivity contribution in [3.05, 3.63) is 24.2 Å². The molecule has 4 heterocycles. The number of anilines is 2. The molecule has 0 aliphatic carbocycles. The van der Waals surface area contributed by atoms with E-state index in [0.29, 0.717) is 31.1 Å². The van der Waals surface area contributed by atoms with Gasteiger partial charge in [0.05, 0.1) is 26.5 Å². The second kappa shape index (κ2) is 7.90. The van der Waals surface area contributed by atoms with Crippen molar-refractivity contribution in [2.75, 3.05) is 49.7 Å². The Labute approximate surface area is 153 Å². The average Bonchev–Trinajstić information content (AvgIpc) is 3.10. The first-order valence-corrected chi connectivity index (χ1v) is 9.28. The molecule has 2 aliphatic rings. The van der Waals surface area contributed by atoms with Crippen molar-refractivity contribution in [3.8, 4) is 6.01 Å². The minimum atomic E-state index is -0.122. The highest BCUT2D eigenvalue weighted by Crippen LogP contribution is 2.27. The zero-order chi connectivity index (χ0) is 17.8. The lowest BCUT2D eigenvalue weighted by Gasteiger charge is -2.32. The number of methoxy groups -OCH3 is 1. The highest BCUT2D eigenvalue weighted by atomic mass is 16.5.